The number of hydrogen-bond acceptors (Lipinski definition) is 5. The standard InChI is InChI=1S/C29H35FN4O3S/c1-28(2,3)22-4-10-26(11-5-22)38(36,37)33-14-12-23-16-27-21(17-29(23,20-33)19-31-13-15-35)18-32-34(27)25-8-6-24(30)7-9-25/h4-11,16,18,31,35H,12-15,17,19-20H2,1-3H3/t29-/m0/s1. The van der Waals surface area contributed by atoms with Crippen molar-refractivity contribution in [1.82, 2.24) is 19.4 Å². The number of aromatic nitrogens is 2. The number of hydrogen-bond donors (Lipinski definition) is 2. The number of benzene rings is 2. The number of halogens is 1. The van der Waals surface area contributed by atoms with E-state index in [9.17, 15) is 17.9 Å². The van der Waals surface area contributed by atoms with E-state index in [-0.39, 0.29) is 17.8 Å². The SMILES string of the molecule is CC(C)(C)c1ccc(S(=O)(=O)N2CCC3=Cc4c(cnn4-c4ccc(F)cc4)C[C@]3(CNCCO)C2)cc1. The van der Waals surface area contributed by atoms with Crippen LogP contribution in [0.2, 0.25) is 0 Å². The highest BCUT2D eigenvalue weighted by Crippen LogP contribution is 2.45. The molecule has 1 atom stereocenters. The molecule has 1 aliphatic heterocycles. The van der Waals surface area contributed by atoms with Crippen molar-refractivity contribution in [2.24, 2.45) is 5.41 Å². The van der Waals surface area contributed by atoms with Crippen LogP contribution in [0.15, 0.2) is 65.2 Å². The lowest BCUT2D eigenvalue weighted by atomic mass is 9.68. The topological polar surface area (TPSA) is 87.5 Å². The van der Waals surface area contributed by atoms with E-state index in [2.05, 4.69) is 37.3 Å². The van der Waals surface area contributed by atoms with Crippen molar-refractivity contribution in [3.05, 3.63) is 82.9 Å². The van der Waals surface area contributed by atoms with Crippen LogP contribution in [0.5, 0.6) is 0 Å². The lowest BCUT2D eigenvalue weighted by molar-refractivity contribution is 0.198. The summed E-state index contributed by atoms with van der Waals surface area (Å²) in [5.41, 5.74) is 4.45. The molecule has 2 N–H and O–H groups in total. The molecular weight excluding hydrogens is 503 g/mol. The van der Waals surface area contributed by atoms with Gasteiger partial charge < -0.3 is 10.4 Å². The molecule has 1 aliphatic carbocycles. The van der Waals surface area contributed by atoms with Crippen LogP contribution >= 0.6 is 0 Å². The molecule has 1 fully saturated rings. The Hall–Kier alpha value is -2.85. The first-order valence-electron chi connectivity index (χ1n) is 13.0. The van der Waals surface area contributed by atoms with E-state index in [0.29, 0.717) is 43.9 Å². The number of nitrogens with zero attached hydrogens (tertiary/aromatic N) is 3. The van der Waals surface area contributed by atoms with E-state index in [1.807, 2.05) is 23.0 Å². The third kappa shape index (κ3) is 4.96. The third-order valence-electron chi connectivity index (χ3n) is 7.70. The maximum absolute atomic E-state index is 13.8. The number of aliphatic hydroxyl groups excluding tert-OH is 1. The first kappa shape index (κ1) is 26.7. The van der Waals surface area contributed by atoms with Crippen LogP contribution in [-0.4, -0.2) is 60.4 Å². The van der Waals surface area contributed by atoms with Crippen molar-refractivity contribution in [1.29, 1.82) is 0 Å². The first-order valence-corrected chi connectivity index (χ1v) is 14.4. The Labute approximate surface area is 224 Å². The highest BCUT2D eigenvalue weighted by molar-refractivity contribution is 7.89. The van der Waals surface area contributed by atoms with Gasteiger partial charge in [0.1, 0.15) is 5.82 Å². The number of rotatable bonds is 7. The molecule has 2 aliphatic rings. The first-order chi connectivity index (χ1) is 18.0. The summed E-state index contributed by atoms with van der Waals surface area (Å²) in [4.78, 5) is 0.303. The van der Waals surface area contributed by atoms with Gasteiger partial charge in [-0.05, 0) is 71.9 Å². The summed E-state index contributed by atoms with van der Waals surface area (Å²) in [5, 5.41) is 17.3. The molecule has 7 nitrogen and oxygen atoms in total. The Morgan fingerprint density at radius 3 is 2.47 bits per heavy atom. The molecule has 0 saturated carbocycles. The zero-order chi connectivity index (χ0) is 27.1. The Kier molecular flexibility index (Phi) is 7.06. The quantitative estimate of drug-likeness (QED) is 0.446. The maximum atomic E-state index is 13.8. The molecule has 9 heteroatoms. The van der Waals surface area contributed by atoms with Gasteiger partial charge in [-0.2, -0.15) is 9.40 Å². The molecule has 1 saturated heterocycles. The highest BCUT2D eigenvalue weighted by Gasteiger charge is 2.45. The predicted molar refractivity (Wildman–Crippen MR) is 146 cm³/mol. The minimum absolute atomic E-state index is 0.00498. The molecule has 202 valence electrons. The zero-order valence-corrected chi connectivity index (χ0v) is 22.9. The molecule has 0 bridgehead atoms. The van der Waals surface area contributed by atoms with Gasteiger partial charge >= 0.3 is 0 Å². The van der Waals surface area contributed by atoms with Crippen LogP contribution in [0.3, 0.4) is 0 Å². The molecular formula is C29H35FN4O3S. The molecule has 38 heavy (non-hydrogen) atoms. The molecule has 0 unspecified atom stereocenters. The van der Waals surface area contributed by atoms with Crippen LogP contribution in [0.25, 0.3) is 11.8 Å². The number of nitrogens with one attached hydrogen (secondary N) is 1. The van der Waals surface area contributed by atoms with Gasteiger partial charge in [-0.1, -0.05) is 38.5 Å². The monoisotopic (exact) mass is 538 g/mol. The lowest BCUT2D eigenvalue weighted by Gasteiger charge is -2.46. The van der Waals surface area contributed by atoms with Gasteiger partial charge in [-0.25, -0.2) is 17.5 Å². The van der Waals surface area contributed by atoms with Gasteiger partial charge in [-0.15, -0.1) is 0 Å². The Morgan fingerprint density at radius 2 is 1.82 bits per heavy atom. The minimum atomic E-state index is -3.69. The molecule has 0 radical (unpaired) electrons. The van der Waals surface area contributed by atoms with Gasteiger partial charge in [0.25, 0.3) is 0 Å². The van der Waals surface area contributed by atoms with E-state index >= 15 is 0 Å². The molecule has 3 aromatic rings. The van der Waals surface area contributed by atoms with Crippen LogP contribution < -0.4 is 5.32 Å². The second-order valence-electron chi connectivity index (χ2n) is 11.3. The largest absolute Gasteiger partial charge is 0.395 e. The third-order valence-corrected chi connectivity index (χ3v) is 9.56. The van der Waals surface area contributed by atoms with Crippen molar-refractivity contribution < 1.29 is 17.9 Å². The van der Waals surface area contributed by atoms with Gasteiger partial charge in [0, 0.05) is 31.6 Å². The van der Waals surface area contributed by atoms with E-state index in [1.54, 1.807) is 28.6 Å². The molecule has 0 spiro atoms. The fourth-order valence-corrected chi connectivity index (χ4v) is 7.07. The summed E-state index contributed by atoms with van der Waals surface area (Å²) in [6.07, 6.45) is 5.15. The number of aliphatic hydroxyl groups is 1. The second kappa shape index (κ2) is 10.0. The van der Waals surface area contributed by atoms with E-state index < -0.39 is 15.4 Å². The second-order valence-corrected chi connectivity index (χ2v) is 13.3. The van der Waals surface area contributed by atoms with Gasteiger partial charge in [-0.3, -0.25) is 0 Å². The summed E-state index contributed by atoms with van der Waals surface area (Å²) in [5.74, 6) is -0.302. The summed E-state index contributed by atoms with van der Waals surface area (Å²) >= 11 is 0. The molecule has 1 aromatic heterocycles. The molecule has 5 rings (SSSR count). The Bertz CT molecular complexity index is 1440. The van der Waals surface area contributed by atoms with Gasteiger partial charge in [0.15, 0.2) is 0 Å². The van der Waals surface area contributed by atoms with Crippen molar-refractivity contribution in [2.75, 3.05) is 32.8 Å². The van der Waals surface area contributed by atoms with Crippen molar-refractivity contribution in [3.63, 3.8) is 0 Å². The maximum Gasteiger partial charge on any atom is 0.243 e. The summed E-state index contributed by atoms with van der Waals surface area (Å²) in [6.45, 7) is 8.01. The molecule has 0 amide bonds. The van der Waals surface area contributed by atoms with Gasteiger partial charge in [0.05, 0.1) is 29.1 Å². The Morgan fingerprint density at radius 1 is 1.11 bits per heavy atom. The van der Waals surface area contributed by atoms with Crippen molar-refractivity contribution in [3.8, 4) is 5.69 Å². The van der Waals surface area contributed by atoms with Crippen molar-refractivity contribution >= 4 is 16.1 Å². The van der Waals surface area contributed by atoms with Gasteiger partial charge in [0.2, 0.25) is 10.0 Å². The van der Waals surface area contributed by atoms with Crippen LogP contribution in [0.1, 0.15) is 44.0 Å². The minimum Gasteiger partial charge on any atom is -0.395 e. The fraction of sp³-hybridized carbons (Fsp3) is 0.414. The van der Waals surface area contributed by atoms with Crippen LogP contribution in [0.4, 0.5) is 4.39 Å². The van der Waals surface area contributed by atoms with Crippen LogP contribution in [-0.2, 0) is 21.9 Å². The highest BCUT2D eigenvalue weighted by atomic mass is 32.2. The zero-order valence-electron chi connectivity index (χ0n) is 22.1. The number of sulfonamides is 1. The lowest BCUT2D eigenvalue weighted by Crippen LogP contribution is -2.53. The predicted octanol–water partition coefficient (Wildman–Crippen LogP) is 3.91. The number of fused-ring (bicyclic) bond motifs is 2. The van der Waals surface area contributed by atoms with Crippen LogP contribution in [0, 0.1) is 11.2 Å². The van der Waals surface area contributed by atoms with E-state index in [1.165, 1.54) is 12.1 Å². The van der Waals surface area contributed by atoms with Crippen molar-refractivity contribution in [2.45, 2.75) is 43.9 Å². The molecule has 2 aromatic carbocycles. The summed E-state index contributed by atoms with van der Waals surface area (Å²) in [6, 6.07) is 13.5. The average Bonchev–Trinajstić information content (AvgIpc) is 3.29. The smallest absolute Gasteiger partial charge is 0.243 e. The average molecular weight is 539 g/mol. The fourth-order valence-electron chi connectivity index (χ4n) is 5.54. The molecule has 2 heterocycles. The van der Waals surface area contributed by atoms with E-state index in [4.69, 9.17) is 0 Å². The normalized spacial score (nSPS) is 20.1. The Balaban J connectivity index is 1.47. The number of piperidine rings is 1. The summed E-state index contributed by atoms with van der Waals surface area (Å²) in [7, 11) is -3.69. The van der Waals surface area contributed by atoms with E-state index in [0.717, 1.165) is 28.1 Å². The summed E-state index contributed by atoms with van der Waals surface area (Å²) < 4.78 is 44.4.